The SMILES string of the molecule is CC(c1ccccc1)N(C)C(=O)C1CCCCC1CN. The van der Waals surface area contributed by atoms with Crippen LogP contribution < -0.4 is 5.73 Å². The Labute approximate surface area is 122 Å². The van der Waals surface area contributed by atoms with E-state index in [1.54, 1.807) is 0 Å². The molecule has 1 aromatic rings. The molecule has 0 radical (unpaired) electrons. The zero-order valence-corrected chi connectivity index (χ0v) is 12.6. The summed E-state index contributed by atoms with van der Waals surface area (Å²) in [6.45, 7) is 2.72. The molecule has 2 rings (SSSR count). The normalized spacial score (nSPS) is 24.1. The van der Waals surface area contributed by atoms with Crippen LogP contribution in [-0.2, 0) is 4.79 Å². The molecule has 3 unspecified atom stereocenters. The molecule has 1 saturated carbocycles. The maximum atomic E-state index is 12.8. The highest BCUT2D eigenvalue weighted by atomic mass is 16.2. The van der Waals surface area contributed by atoms with Gasteiger partial charge in [-0.15, -0.1) is 0 Å². The number of carbonyl (C=O) groups is 1. The quantitative estimate of drug-likeness (QED) is 0.917. The van der Waals surface area contributed by atoms with Crippen molar-refractivity contribution in [3.8, 4) is 0 Å². The third-order valence-electron chi connectivity index (χ3n) is 4.74. The first kappa shape index (κ1) is 15.0. The third-order valence-corrected chi connectivity index (χ3v) is 4.74. The van der Waals surface area contributed by atoms with Gasteiger partial charge in [0.1, 0.15) is 0 Å². The Morgan fingerprint density at radius 1 is 1.30 bits per heavy atom. The molecule has 0 aliphatic heterocycles. The molecule has 20 heavy (non-hydrogen) atoms. The fraction of sp³-hybridized carbons (Fsp3) is 0.588. The lowest BCUT2D eigenvalue weighted by Gasteiger charge is -2.35. The number of hydrogen-bond donors (Lipinski definition) is 1. The number of rotatable bonds is 4. The van der Waals surface area contributed by atoms with Gasteiger partial charge in [-0.05, 0) is 37.8 Å². The zero-order valence-electron chi connectivity index (χ0n) is 12.6. The third kappa shape index (κ3) is 3.21. The zero-order chi connectivity index (χ0) is 14.5. The monoisotopic (exact) mass is 274 g/mol. The Morgan fingerprint density at radius 2 is 1.95 bits per heavy atom. The van der Waals surface area contributed by atoms with Crippen LogP contribution in [0.25, 0.3) is 0 Å². The Bertz CT molecular complexity index is 432. The van der Waals surface area contributed by atoms with Crippen LogP contribution in [0, 0.1) is 11.8 Å². The lowest BCUT2D eigenvalue weighted by Crippen LogP contribution is -2.41. The Morgan fingerprint density at radius 3 is 2.60 bits per heavy atom. The average molecular weight is 274 g/mol. The van der Waals surface area contributed by atoms with Crippen molar-refractivity contribution < 1.29 is 4.79 Å². The second-order valence-electron chi connectivity index (χ2n) is 5.92. The summed E-state index contributed by atoms with van der Waals surface area (Å²) >= 11 is 0. The molecule has 0 saturated heterocycles. The van der Waals surface area contributed by atoms with Gasteiger partial charge in [0.05, 0.1) is 6.04 Å². The molecule has 3 atom stereocenters. The fourth-order valence-electron chi connectivity index (χ4n) is 3.22. The Kier molecular flexibility index (Phi) is 5.18. The minimum atomic E-state index is 0.115. The highest BCUT2D eigenvalue weighted by molar-refractivity contribution is 5.79. The number of nitrogens with zero attached hydrogens (tertiary/aromatic N) is 1. The molecule has 0 bridgehead atoms. The van der Waals surface area contributed by atoms with Gasteiger partial charge in [-0.2, -0.15) is 0 Å². The summed E-state index contributed by atoms with van der Waals surface area (Å²) in [5, 5.41) is 0. The van der Waals surface area contributed by atoms with Crippen molar-refractivity contribution >= 4 is 5.91 Å². The van der Waals surface area contributed by atoms with E-state index in [4.69, 9.17) is 5.73 Å². The van der Waals surface area contributed by atoms with Crippen LogP contribution in [0.5, 0.6) is 0 Å². The number of benzene rings is 1. The topological polar surface area (TPSA) is 46.3 Å². The summed E-state index contributed by atoms with van der Waals surface area (Å²) in [6.07, 6.45) is 4.46. The molecular weight excluding hydrogens is 248 g/mol. The Balaban J connectivity index is 2.07. The van der Waals surface area contributed by atoms with Gasteiger partial charge < -0.3 is 10.6 Å². The molecule has 2 N–H and O–H groups in total. The molecule has 0 spiro atoms. The maximum absolute atomic E-state index is 12.8. The van der Waals surface area contributed by atoms with E-state index in [9.17, 15) is 4.79 Å². The lowest BCUT2D eigenvalue weighted by atomic mass is 9.78. The molecule has 1 fully saturated rings. The van der Waals surface area contributed by atoms with E-state index in [-0.39, 0.29) is 17.9 Å². The summed E-state index contributed by atoms with van der Waals surface area (Å²) in [4.78, 5) is 14.6. The second kappa shape index (κ2) is 6.89. The van der Waals surface area contributed by atoms with Gasteiger partial charge in [0.2, 0.25) is 5.91 Å². The molecular formula is C17H26N2O. The molecule has 0 aromatic heterocycles. The standard InChI is InChI=1S/C17H26N2O/c1-13(14-8-4-3-5-9-14)19(2)17(20)16-11-7-6-10-15(16)12-18/h3-5,8-9,13,15-16H,6-7,10-12,18H2,1-2H3. The molecule has 1 amide bonds. The molecule has 3 nitrogen and oxygen atoms in total. The summed E-state index contributed by atoms with van der Waals surface area (Å²) in [7, 11) is 1.92. The summed E-state index contributed by atoms with van der Waals surface area (Å²) < 4.78 is 0. The fourth-order valence-corrected chi connectivity index (χ4v) is 3.22. The van der Waals surface area contributed by atoms with Gasteiger partial charge in [-0.25, -0.2) is 0 Å². The van der Waals surface area contributed by atoms with Crippen molar-refractivity contribution in [2.75, 3.05) is 13.6 Å². The van der Waals surface area contributed by atoms with E-state index in [0.717, 1.165) is 19.3 Å². The van der Waals surface area contributed by atoms with Crippen molar-refractivity contribution in [3.05, 3.63) is 35.9 Å². The summed E-state index contributed by atoms with van der Waals surface area (Å²) in [5.41, 5.74) is 7.03. The molecule has 1 aliphatic carbocycles. The number of carbonyl (C=O) groups excluding carboxylic acids is 1. The van der Waals surface area contributed by atoms with E-state index < -0.39 is 0 Å². The van der Waals surface area contributed by atoms with E-state index in [2.05, 4.69) is 19.1 Å². The van der Waals surface area contributed by atoms with Gasteiger partial charge in [0.25, 0.3) is 0 Å². The lowest BCUT2D eigenvalue weighted by molar-refractivity contribution is -0.139. The van der Waals surface area contributed by atoms with Crippen molar-refractivity contribution in [2.24, 2.45) is 17.6 Å². The van der Waals surface area contributed by atoms with Gasteiger partial charge in [0.15, 0.2) is 0 Å². The highest BCUT2D eigenvalue weighted by Gasteiger charge is 2.33. The van der Waals surface area contributed by atoms with Crippen molar-refractivity contribution in [1.29, 1.82) is 0 Å². The van der Waals surface area contributed by atoms with Crippen molar-refractivity contribution in [3.63, 3.8) is 0 Å². The summed E-state index contributed by atoms with van der Waals surface area (Å²) in [6, 6.07) is 10.3. The van der Waals surface area contributed by atoms with Crippen LogP contribution in [0.3, 0.4) is 0 Å². The average Bonchev–Trinajstić information content (AvgIpc) is 2.53. The Hall–Kier alpha value is -1.35. The van der Waals surface area contributed by atoms with Crippen LogP contribution in [0.1, 0.15) is 44.2 Å². The van der Waals surface area contributed by atoms with Gasteiger partial charge >= 0.3 is 0 Å². The second-order valence-corrected chi connectivity index (χ2v) is 5.92. The number of hydrogen-bond acceptors (Lipinski definition) is 2. The predicted molar refractivity (Wildman–Crippen MR) is 82.1 cm³/mol. The maximum Gasteiger partial charge on any atom is 0.226 e. The van der Waals surface area contributed by atoms with Crippen LogP contribution in [-0.4, -0.2) is 24.4 Å². The first-order valence-electron chi connectivity index (χ1n) is 7.66. The largest absolute Gasteiger partial charge is 0.339 e. The molecule has 0 heterocycles. The van der Waals surface area contributed by atoms with Crippen molar-refractivity contribution in [2.45, 2.75) is 38.6 Å². The minimum absolute atomic E-state index is 0.115. The van der Waals surface area contributed by atoms with E-state index in [1.807, 2.05) is 30.1 Å². The van der Waals surface area contributed by atoms with Gasteiger partial charge in [0, 0.05) is 13.0 Å². The van der Waals surface area contributed by atoms with Gasteiger partial charge in [-0.3, -0.25) is 4.79 Å². The molecule has 1 aromatic carbocycles. The van der Waals surface area contributed by atoms with Crippen LogP contribution in [0.15, 0.2) is 30.3 Å². The van der Waals surface area contributed by atoms with Crippen LogP contribution in [0.4, 0.5) is 0 Å². The van der Waals surface area contributed by atoms with Crippen LogP contribution in [0.2, 0.25) is 0 Å². The first-order chi connectivity index (χ1) is 9.65. The number of nitrogens with two attached hydrogens (primary N) is 1. The highest BCUT2D eigenvalue weighted by Crippen LogP contribution is 2.32. The van der Waals surface area contributed by atoms with E-state index in [1.165, 1.54) is 12.0 Å². The van der Waals surface area contributed by atoms with E-state index in [0.29, 0.717) is 12.5 Å². The predicted octanol–water partition coefficient (Wildman–Crippen LogP) is 2.97. The first-order valence-corrected chi connectivity index (χ1v) is 7.66. The smallest absolute Gasteiger partial charge is 0.226 e. The summed E-state index contributed by atoms with van der Waals surface area (Å²) in [5.74, 6) is 0.739. The number of amides is 1. The molecule has 1 aliphatic rings. The van der Waals surface area contributed by atoms with Gasteiger partial charge in [-0.1, -0.05) is 43.2 Å². The molecule has 3 heteroatoms. The minimum Gasteiger partial charge on any atom is -0.339 e. The van der Waals surface area contributed by atoms with Crippen molar-refractivity contribution in [1.82, 2.24) is 4.90 Å². The van der Waals surface area contributed by atoms with E-state index >= 15 is 0 Å². The van der Waals surface area contributed by atoms with Crippen LogP contribution >= 0.6 is 0 Å². The molecule has 110 valence electrons.